The van der Waals surface area contributed by atoms with E-state index in [0.717, 1.165) is 44.3 Å². The molecule has 0 aliphatic rings. The Balaban J connectivity index is 1.73. The van der Waals surface area contributed by atoms with E-state index in [4.69, 9.17) is 11.6 Å². The summed E-state index contributed by atoms with van der Waals surface area (Å²) in [6.07, 6.45) is 0.900. The molecule has 3 aromatic carbocycles. The lowest BCUT2D eigenvalue weighted by molar-refractivity contribution is 0.100. The first-order chi connectivity index (χ1) is 15.8. The molecule has 0 fully saturated rings. The van der Waals surface area contributed by atoms with Gasteiger partial charge in [-0.15, -0.1) is 0 Å². The van der Waals surface area contributed by atoms with Crippen LogP contribution in [0.5, 0.6) is 0 Å². The Morgan fingerprint density at radius 1 is 1.09 bits per heavy atom. The minimum Gasteiger partial charge on any atom is -0.755 e. The predicted octanol–water partition coefficient (Wildman–Crippen LogP) is 5.36. The van der Waals surface area contributed by atoms with Crippen molar-refractivity contribution in [2.45, 2.75) is 33.7 Å². The second-order valence-electron chi connectivity index (χ2n) is 7.88. The molecule has 4 aromatic rings. The molecule has 0 saturated carbocycles. The van der Waals surface area contributed by atoms with E-state index in [2.05, 4.69) is 11.9 Å². The summed E-state index contributed by atoms with van der Waals surface area (Å²) in [5.41, 5.74) is 5.05. The van der Waals surface area contributed by atoms with E-state index in [1.54, 1.807) is 42.5 Å². The normalized spacial score (nSPS) is 12.2. The van der Waals surface area contributed by atoms with Crippen LogP contribution in [-0.4, -0.2) is 24.2 Å². The molecule has 0 saturated heterocycles. The maximum absolute atomic E-state index is 13.2. The monoisotopic (exact) mass is 480 g/mol. The molecular weight excluding hydrogens is 458 g/mol. The van der Waals surface area contributed by atoms with Gasteiger partial charge in [-0.2, -0.15) is 0 Å². The van der Waals surface area contributed by atoms with Crippen LogP contribution in [0.4, 0.5) is 5.69 Å². The molecule has 0 aliphatic heterocycles. The third-order valence-corrected chi connectivity index (χ3v) is 6.67. The average molecular weight is 481 g/mol. The number of rotatable bonds is 6. The number of hydrogen-bond donors (Lipinski definition) is 0. The van der Waals surface area contributed by atoms with E-state index in [9.17, 15) is 13.6 Å². The molecule has 1 amide bonds. The van der Waals surface area contributed by atoms with Gasteiger partial charge < -0.3 is 9.12 Å². The largest absolute Gasteiger partial charge is 0.755 e. The van der Waals surface area contributed by atoms with Crippen molar-refractivity contribution in [1.29, 1.82) is 0 Å². The summed E-state index contributed by atoms with van der Waals surface area (Å²) in [5.74, 6) is 0.137. The fourth-order valence-electron chi connectivity index (χ4n) is 3.75. The number of aromatic nitrogens is 2. The first-order valence-electron chi connectivity index (χ1n) is 10.5. The van der Waals surface area contributed by atoms with Crippen LogP contribution in [0.15, 0.2) is 60.7 Å². The molecule has 33 heavy (non-hydrogen) atoms. The van der Waals surface area contributed by atoms with E-state index >= 15 is 0 Å². The van der Waals surface area contributed by atoms with Gasteiger partial charge in [0.05, 0.1) is 34.5 Å². The van der Waals surface area contributed by atoms with Crippen LogP contribution in [0.2, 0.25) is 5.02 Å². The molecule has 6 nitrogen and oxygen atoms in total. The lowest BCUT2D eigenvalue weighted by Gasteiger charge is -2.24. The lowest BCUT2D eigenvalue weighted by Crippen LogP contribution is -2.32. The van der Waals surface area contributed by atoms with Gasteiger partial charge in [0, 0.05) is 10.6 Å². The van der Waals surface area contributed by atoms with Crippen molar-refractivity contribution in [1.82, 2.24) is 9.55 Å². The van der Waals surface area contributed by atoms with Gasteiger partial charge in [0.25, 0.3) is 5.91 Å². The lowest BCUT2D eigenvalue weighted by atomic mass is 10.1. The van der Waals surface area contributed by atoms with Crippen molar-refractivity contribution in [2.24, 2.45) is 0 Å². The Labute approximate surface area is 200 Å². The molecule has 1 heterocycles. The van der Waals surface area contributed by atoms with Crippen LogP contribution in [-0.2, 0) is 24.2 Å². The van der Waals surface area contributed by atoms with Crippen molar-refractivity contribution in [3.05, 3.63) is 93.8 Å². The minimum absolute atomic E-state index is 0.251. The zero-order valence-electron chi connectivity index (χ0n) is 18.5. The first-order valence-corrected chi connectivity index (χ1v) is 11.9. The smallest absolute Gasteiger partial charge is 0.269 e. The molecule has 170 valence electrons. The predicted molar refractivity (Wildman–Crippen MR) is 131 cm³/mol. The van der Waals surface area contributed by atoms with Gasteiger partial charge in [0.15, 0.2) is 0 Å². The second-order valence-corrected chi connectivity index (χ2v) is 9.09. The second kappa shape index (κ2) is 9.47. The van der Waals surface area contributed by atoms with E-state index in [-0.39, 0.29) is 11.3 Å². The first kappa shape index (κ1) is 23.2. The van der Waals surface area contributed by atoms with Crippen LogP contribution in [0, 0.1) is 13.8 Å². The Morgan fingerprint density at radius 3 is 2.45 bits per heavy atom. The Morgan fingerprint density at radius 2 is 1.82 bits per heavy atom. The van der Waals surface area contributed by atoms with Crippen LogP contribution in [0.25, 0.3) is 11.0 Å². The number of imidazole rings is 1. The fourth-order valence-corrected chi connectivity index (χ4v) is 4.55. The van der Waals surface area contributed by atoms with Crippen LogP contribution < -0.4 is 4.31 Å². The summed E-state index contributed by atoms with van der Waals surface area (Å²) >= 11 is 3.73. The Bertz CT molecular complexity index is 1370. The molecule has 0 radical (unpaired) electrons. The van der Waals surface area contributed by atoms with Gasteiger partial charge in [-0.1, -0.05) is 48.4 Å². The summed E-state index contributed by atoms with van der Waals surface area (Å²) in [4.78, 5) is 17.8. The Kier molecular flexibility index (Phi) is 6.65. The quantitative estimate of drug-likeness (QED) is 0.348. The molecule has 0 bridgehead atoms. The molecule has 1 unspecified atom stereocenters. The van der Waals surface area contributed by atoms with Crippen molar-refractivity contribution >= 4 is 45.5 Å². The zero-order valence-corrected chi connectivity index (χ0v) is 20.1. The van der Waals surface area contributed by atoms with Crippen molar-refractivity contribution in [3.8, 4) is 0 Å². The number of carbonyl (C=O) groups excluding carboxylic acids is 1. The molecule has 0 N–H and O–H groups in total. The number of halogens is 1. The highest BCUT2D eigenvalue weighted by molar-refractivity contribution is 7.81. The van der Waals surface area contributed by atoms with Crippen LogP contribution in [0.3, 0.4) is 0 Å². The number of amides is 1. The average Bonchev–Trinajstić information content (AvgIpc) is 3.10. The van der Waals surface area contributed by atoms with Gasteiger partial charge in [0.1, 0.15) is 5.82 Å². The number of hydrogen-bond acceptors (Lipinski definition) is 4. The number of anilines is 1. The molecular formula is C25H23ClN3O3S-. The minimum atomic E-state index is -2.77. The third kappa shape index (κ3) is 4.71. The van der Waals surface area contributed by atoms with E-state index < -0.39 is 17.2 Å². The van der Waals surface area contributed by atoms with Crippen LogP contribution in [0.1, 0.15) is 39.8 Å². The van der Waals surface area contributed by atoms with Gasteiger partial charge in [-0.25, -0.2) is 9.29 Å². The molecule has 8 heteroatoms. The van der Waals surface area contributed by atoms with Crippen molar-refractivity contribution < 1.29 is 13.6 Å². The number of carbonyl (C=O) groups is 1. The van der Waals surface area contributed by atoms with Gasteiger partial charge in [-0.3, -0.25) is 9.00 Å². The highest BCUT2D eigenvalue weighted by Gasteiger charge is 2.21. The van der Waals surface area contributed by atoms with E-state index in [0.29, 0.717) is 11.6 Å². The van der Waals surface area contributed by atoms with E-state index in [1.807, 2.05) is 36.6 Å². The SMILES string of the molecule is CCc1ccc(Cn2c(C)nc3ccc(C(=O)N(c4ccc(C)cc4)S(=O)[O-])cc32)c(Cl)c1. The maximum atomic E-state index is 13.2. The standard InChI is InChI=1S/C25H24ClN3O3S/c1-4-18-7-8-20(22(26)13-18)15-28-17(3)27-23-12-9-19(14-24(23)28)25(30)29(33(31)32)21-10-5-16(2)6-11-21/h5-14H,4,15H2,1-3H3,(H,31,32)/p-1. The number of benzene rings is 3. The highest BCUT2D eigenvalue weighted by Crippen LogP contribution is 2.26. The molecule has 1 atom stereocenters. The van der Waals surface area contributed by atoms with Gasteiger partial charge in [-0.05, 0) is 67.8 Å². The number of nitrogens with zero attached hydrogens (tertiary/aromatic N) is 3. The topological polar surface area (TPSA) is 78.3 Å². The van der Waals surface area contributed by atoms with Gasteiger partial charge >= 0.3 is 0 Å². The number of fused-ring (bicyclic) bond motifs is 1. The summed E-state index contributed by atoms with van der Waals surface area (Å²) in [6, 6.07) is 17.8. The summed E-state index contributed by atoms with van der Waals surface area (Å²) < 4.78 is 26.6. The van der Waals surface area contributed by atoms with E-state index in [1.165, 1.54) is 0 Å². The zero-order chi connectivity index (χ0) is 23.7. The van der Waals surface area contributed by atoms with Crippen molar-refractivity contribution in [2.75, 3.05) is 4.31 Å². The number of aryl methyl sites for hydroxylation is 3. The fraction of sp³-hybridized carbons (Fsp3) is 0.200. The highest BCUT2D eigenvalue weighted by atomic mass is 35.5. The molecule has 1 aromatic heterocycles. The molecule has 0 aliphatic carbocycles. The third-order valence-electron chi connectivity index (χ3n) is 5.64. The molecule has 0 spiro atoms. The molecule has 4 rings (SSSR count). The summed E-state index contributed by atoms with van der Waals surface area (Å²) in [7, 11) is 0. The maximum Gasteiger partial charge on any atom is 0.269 e. The summed E-state index contributed by atoms with van der Waals surface area (Å²) in [5, 5.41) is 0.676. The Hall–Kier alpha value is -3.00. The summed E-state index contributed by atoms with van der Waals surface area (Å²) in [6.45, 7) is 6.34. The van der Waals surface area contributed by atoms with Gasteiger partial charge in [0.2, 0.25) is 0 Å². The van der Waals surface area contributed by atoms with Crippen LogP contribution >= 0.6 is 11.6 Å². The van der Waals surface area contributed by atoms with Crippen molar-refractivity contribution in [3.63, 3.8) is 0 Å².